The minimum atomic E-state index is -2.57. The van der Waals surface area contributed by atoms with Gasteiger partial charge in [-0.15, -0.1) is 0 Å². The Bertz CT molecular complexity index is 1720. The summed E-state index contributed by atoms with van der Waals surface area (Å²) in [6.07, 6.45) is 10.3. The number of hydrogen-bond acceptors (Lipinski definition) is 0. The average Bonchev–Trinajstić information content (AvgIpc) is 3.59. The molecule has 6 rings (SSSR count). The fourth-order valence-electron chi connectivity index (χ4n) is 6.80. The number of allylic oxidation sites excluding steroid dienone is 4. The molecule has 0 N–H and O–H groups in total. The van der Waals surface area contributed by atoms with Gasteiger partial charge in [-0.1, -0.05) is 0 Å². The maximum atomic E-state index is 3.77. The minimum Gasteiger partial charge on any atom is -1.00 e. The first-order valence-corrected chi connectivity index (χ1v) is 21.2. The van der Waals surface area contributed by atoms with Crippen molar-refractivity contribution in [3.63, 3.8) is 0 Å². The molecule has 0 amide bonds. The van der Waals surface area contributed by atoms with Crippen molar-refractivity contribution in [2.45, 2.75) is 75.3 Å². The molecule has 238 valence electrons. The van der Waals surface area contributed by atoms with Gasteiger partial charge >= 0.3 is 291 Å². The van der Waals surface area contributed by atoms with Crippen LogP contribution >= 0.6 is 31.9 Å². The molecule has 0 heterocycles. The van der Waals surface area contributed by atoms with Crippen molar-refractivity contribution in [2.75, 3.05) is 0 Å². The Labute approximate surface area is 313 Å². The van der Waals surface area contributed by atoms with Crippen LogP contribution in [-0.4, -0.2) is 3.21 Å². The second-order valence-electron chi connectivity index (χ2n) is 14.5. The average molecular weight is 857 g/mol. The topological polar surface area (TPSA) is 0 Å². The summed E-state index contributed by atoms with van der Waals surface area (Å²) >= 11 is 4.96. The van der Waals surface area contributed by atoms with Crippen LogP contribution in [0.3, 0.4) is 0 Å². The van der Waals surface area contributed by atoms with E-state index in [1.165, 1.54) is 33.4 Å². The molecule has 0 fully saturated rings. The standard InChI is InChI=1S/C21H25.C15H12Br2.C5H5.2ClH.Zr/c1-20(2,3)16-9-7-14-11-15-8-10-17(21(4,5)6)13-19(15)18(14)12-16;16-14-8-2-6-12(10-14)4-1-5-13-7-3-9-15(17)11-13;1-2-4-5-3-1;;;/h7-13H,1-6H3;2-3,6-11H,4-5H2;1-3H,4H2;2*1H;/q;;;;;+2/p-2. The normalized spacial score (nSPS) is 13.6. The predicted octanol–water partition coefficient (Wildman–Crippen LogP) is 6.00. The molecule has 0 aromatic heterocycles. The smallest absolute Gasteiger partial charge is 1.00 e. The maximum Gasteiger partial charge on any atom is -1.00 e. The summed E-state index contributed by atoms with van der Waals surface area (Å²) < 4.78 is 6.26. The Morgan fingerprint density at radius 3 is 1.54 bits per heavy atom. The summed E-state index contributed by atoms with van der Waals surface area (Å²) in [6.45, 7) is 14.0. The first-order chi connectivity index (χ1) is 20.9. The molecule has 4 aromatic carbocycles. The molecular formula is C41H42Br2Cl2Zr. The molecule has 4 aromatic rings. The molecule has 2 aliphatic carbocycles. The van der Waals surface area contributed by atoms with Crippen LogP contribution in [0.5, 0.6) is 0 Å². The van der Waals surface area contributed by atoms with E-state index in [2.05, 4.69) is 177 Å². The van der Waals surface area contributed by atoms with Gasteiger partial charge in [0.15, 0.2) is 0 Å². The summed E-state index contributed by atoms with van der Waals surface area (Å²) in [4.78, 5) is 0. The van der Waals surface area contributed by atoms with Crippen LogP contribution in [0, 0.1) is 0 Å². The van der Waals surface area contributed by atoms with Crippen LogP contribution in [0.15, 0.2) is 115 Å². The van der Waals surface area contributed by atoms with E-state index in [9.17, 15) is 0 Å². The molecule has 0 radical (unpaired) electrons. The molecular weight excluding hydrogens is 814 g/mol. The third-order valence-corrected chi connectivity index (χ3v) is 18.4. The first kappa shape index (κ1) is 37.5. The number of halogens is 4. The molecule has 0 saturated carbocycles. The summed E-state index contributed by atoms with van der Waals surface area (Å²) in [7, 11) is 0. The quantitative estimate of drug-likeness (QED) is 0.224. The van der Waals surface area contributed by atoms with Gasteiger partial charge in [0.05, 0.1) is 0 Å². The summed E-state index contributed by atoms with van der Waals surface area (Å²) in [5.41, 5.74) is 11.9. The number of rotatable bonds is 6. The van der Waals surface area contributed by atoms with Crippen LogP contribution in [0.1, 0.15) is 85.0 Å². The number of hydrogen-bond donors (Lipinski definition) is 0. The largest absolute Gasteiger partial charge is 1.00 e. The molecule has 0 bridgehead atoms. The van der Waals surface area contributed by atoms with E-state index >= 15 is 0 Å². The minimum absolute atomic E-state index is 0. The molecule has 0 spiro atoms. The van der Waals surface area contributed by atoms with Gasteiger partial charge in [0.1, 0.15) is 0 Å². The first-order valence-electron chi connectivity index (χ1n) is 15.7. The summed E-state index contributed by atoms with van der Waals surface area (Å²) in [5, 5.41) is 0. The Hall–Kier alpha value is -1.35. The zero-order chi connectivity index (χ0) is 31.2. The predicted molar refractivity (Wildman–Crippen MR) is 194 cm³/mol. The third-order valence-electron chi connectivity index (χ3n) is 9.15. The van der Waals surface area contributed by atoms with Gasteiger partial charge in [-0.05, 0) is 0 Å². The molecule has 46 heavy (non-hydrogen) atoms. The molecule has 0 unspecified atom stereocenters. The molecule has 0 aliphatic heterocycles. The van der Waals surface area contributed by atoms with Crippen molar-refractivity contribution >= 4 is 35.1 Å². The van der Waals surface area contributed by atoms with Crippen molar-refractivity contribution in [1.82, 2.24) is 0 Å². The Morgan fingerprint density at radius 1 is 0.674 bits per heavy atom. The fraction of sp³-hybridized carbons (Fsp3) is 0.293. The fourth-order valence-corrected chi connectivity index (χ4v) is 16.9. The Morgan fingerprint density at radius 2 is 1.15 bits per heavy atom. The number of benzene rings is 4. The van der Waals surface area contributed by atoms with Gasteiger partial charge in [0.2, 0.25) is 0 Å². The Kier molecular flexibility index (Phi) is 12.3. The van der Waals surface area contributed by atoms with Gasteiger partial charge in [-0.25, -0.2) is 0 Å². The van der Waals surface area contributed by atoms with Crippen molar-refractivity contribution in [3.8, 4) is 11.1 Å². The van der Waals surface area contributed by atoms with Crippen molar-refractivity contribution in [2.24, 2.45) is 0 Å². The zero-order valence-electron chi connectivity index (χ0n) is 27.5. The van der Waals surface area contributed by atoms with Crippen molar-refractivity contribution in [1.29, 1.82) is 0 Å². The summed E-state index contributed by atoms with van der Waals surface area (Å²) in [6, 6.07) is 32.9. The molecule has 0 saturated heterocycles. The summed E-state index contributed by atoms with van der Waals surface area (Å²) in [5.74, 6) is 0. The van der Waals surface area contributed by atoms with E-state index in [0.717, 1.165) is 28.2 Å². The van der Waals surface area contributed by atoms with Crippen LogP contribution in [0.4, 0.5) is 0 Å². The van der Waals surface area contributed by atoms with E-state index in [1.807, 2.05) is 0 Å². The van der Waals surface area contributed by atoms with Gasteiger partial charge in [-0.3, -0.25) is 0 Å². The van der Waals surface area contributed by atoms with E-state index in [-0.39, 0.29) is 35.6 Å². The van der Waals surface area contributed by atoms with Gasteiger partial charge in [0.25, 0.3) is 0 Å². The van der Waals surface area contributed by atoms with Crippen LogP contribution in [0.25, 0.3) is 11.1 Å². The van der Waals surface area contributed by atoms with Gasteiger partial charge in [-0.2, -0.15) is 0 Å². The monoisotopic (exact) mass is 852 g/mol. The van der Waals surface area contributed by atoms with Crippen molar-refractivity contribution < 1.29 is 46.1 Å². The number of fused-ring (bicyclic) bond motifs is 3. The van der Waals surface area contributed by atoms with Gasteiger partial charge < -0.3 is 24.8 Å². The maximum absolute atomic E-state index is 3.77. The molecule has 0 atom stereocenters. The van der Waals surface area contributed by atoms with Gasteiger partial charge in [0, 0.05) is 0 Å². The molecule has 0 nitrogen and oxygen atoms in total. The van der Waals surface area contributed by atoms with E-state index in [4.69, 9.17) is 0 Å². The molecule has 5 heteroatoms. The second-order valence-corrected chi connectivity index (χ2v) is 23.1. The van der Waals surface area contributed by atoms with Crippen LogP contribution < -0.4 is 24.8 Å². The van der Waals surface area contributed by atoms with Crippen LogP contribution in [-0.2, 0) is 44.9 Å². The van der Waals surface area contributed by atoms with E-state index < -0.39 is 21.3 Å². The molecule has 2 aliphatic rings. The van der Waals surface area contributed by atoms with Crippen molar-refractivity contribution in [3.05, 3.63) is 149 Å². The SMILES string of the molecule is CC(C)(C)c1ccc2c(c1)-c1cc(C(C)(C)C)ccc1[CH]2[Zr+2]([C]1=CC=CC1)=[C](Cc1cccc(Br)c1)Cc1cccc(Br)c1.[Cl-].[Cl-]. The van der Waals surface area contributed by atoms with Crippen LogP contribution in [0.2, 0.25) is 0 Å². The van der Waals surface area contributed by atoms with E-state index in [1.54, 1.807) is 17.6 Å². The zero-order valence-corrected chi connectivity index (χ0v) is 34.7. The third kappa shape index (κ3) is 8.09. The van der Waals surface area contributed by atoms with E-state index in [0.29, 0.717) is 3.63 Å². The Balaban J connectivity index is 0.00000240. The second kappa shape index (κ2) is 15.0.